The van der Waals surface area contributed by atoms with Crippen molar-refractivity contribution in [3.8, 4) is 0 Å². The number of rotatable bonds is 3. The average molecular weight is 277 g/mol. The third-order valence-electron chi connectivity index (χ3n) is 3.48. The molecule has 1 fully saturated rings. The van der Waals surface area contributed by atoms with Gasteiger partial charge < -0.3 is 15.2 Å². The Labute approximate surface area is 117 Å². The van der Waals surface area contributed by atoms with Crippen LogP contribution in [0.1, 0.15) is 41.3 Å². The summed E-state index contributed by atoms with van der Waals surface area (Å²) < 4.78 is 5.50. The summed E-state index contributed by atoms with van der Waals surface area (Å²) >= 11 is 0. The molecule has 0 aromatic heterocycles. The topological polar surface area (TPSA) is 75.6 Å². The number of hydrogen-bond acceptors (Lipinski definition) is 3. The SMILES string of the molecule is Cc1cc(C)c(NC(=O)C2CCC(C)O2)c(C(=O)O)c1. The number of benzene rings is 1. The highest BCUT2D eigenvalue weighted by Gasteiger charge is 2.29. The first-order chi connectivity index (χ1) is 9.38. The van der Waals surface area contributed by atoms with E-state index in [0.717, 1.165) is 17.5 Å². The molecule has 0 bridgehead atoms. The Morgan fingerprint density at radius 1 is 1.30 bits per heavy atom. The van der Waals surface area contributed by atoms with Gasteiger partial charge >= 0.3 is 5.97 Å². The predicted octanol–water partition coefficient (Wildman–Crippen LogP) is 2.51. The summed E-state index contributed by atoms with van der Waals surface area (Å²) in [6.07, 6.45) is 1.09. The third kappa shape index (κ3) is 2.99. The van der Waals surface area contributed by atoms with Crippen molar-refractivity contribution in [2.45, 2.75) is 45.8 Å². The first-order valence-electron chi connectivity index (χ1n) is 6.69. The number of aryl methyl sites for hydroxylation is 2. The van der Waals surface area contributed by atoms with Crippen molar-refractivity contribution in [3.05, 3.63) is 28.8 Å². The monoisotopic (exact) mass is 277 g/mol. The van der Waals surface area contributed by atoms with Gasteiger partial charge in [-0.05, 0) is 50.8 Å². The molecule has 1 aromatic rings. The third-order valence-corrected chi connectivity index (χ3v) is 3.48. The molecule has 0 spiro atoms. The standard InChI is InChI=1S/C15H19NO4/c1-8-6-9(2)13(11(7-8)15(18)19)16-14(17)12-5-4-10(3)20-12/h6-7,10,12H,4-5H2,1-3H3,(H,16,17)(H,18,19). The van der Waals surface area contributed by atoms with E-state index < -0.39 is 12.1 Å². The number of carboxylic acid groups (broad SMARTS) is 1. The Hall–Kier alpha value is -1.88. The number of aromatic carboxylic acids is 1. The van der Waals surface area contributed by atoms with E-state index >= 15 is 0 Å². The van der Waals surface area contributed by atoms with Crippen LogP contribution in [0.15, 0.2) is 12.1 Å². The summed E-state index contributed by atoms with van der Waals surface area (Å²) in [4.78, 5) is 23.4. The Morgan fingerprint density at radius 2 is 2.00 bits per heavy atom. The van der Waals surface area contributed by atoms with Gasteiger partial charge in [0.05, 0.1) is 17.4 Å². The molecule has 2 unspecified atom stereocenters. The largest absolute Gasteiger partial charge is 0.478 e. The van der Waals surface area contributed by atoms with Crippen molar-refractivity contribution < 1.29 is 19.4 Å². The molecule has 1 saturated heterocycles. The highest BCUT2D eigenvalue weighted by atomic mass is 16.5. The number of nitrogens with one attached hydrogen (secondary N) is 1. The van der Waals surface area contributed by atoms with E-state index in [-0.39, 0.29) is 17.6 Å². The van der Waals surface area contributed by atoms with Gasteiger partial charge in [-0.15, -0.1) is 0 Å². The molecule has 1 aliphatic rings. The number of carboxylic acids is 1. The summed E-state index contributed by atoms with van der Waals surface area (Å²) in [5, 5.41) is 12.0. The lowest BCUT2D eigenvalue weighted by Gasteiger charge is -2.16. The van der Waals surface area contributed by atoms with Gasteiger partial charge in [0.1, 0.15) is 6.10 Å². The molecule has 2 N–H and O–H groups in total. The van der Waals surface area contributed by atoms with Gasteiger partial charge in [-0.1, -0.05) is 6.07 Å². The van der Waals surface area contributed by atoms with Crippen LogP contribution in [0.4, 0.5) is 5.69 Å². The summed E-state index contributed by atoms with van der Waals surface area (Å²) in [6.45, 7) is 5.53. The molecule has 0 saturated carbocycles. The lowest BCUT2D eigenvalue weighted by Crippen LogP contribution is -2.29. The number of carbonyl (C=O) groups excluding carboxylic acids is 1. The van der Waals surface area contributed by atoms with Gasteiger partial charge in [-0.3, -0.25) is 4.79 Å². The molecular weight excluding hydrogens is 258 g/mol. The molecule has 1 heterocycles. The van der Waals surface area contributed by atoms with Gasteiger partial charge in [0.2, 0.25) is 0 Å². The zero-order chi connectivity index (χ0) is 14.9. The van der Waals surface area contributed by atoms with Crippen LogP contribution in [-0.2, 0) is 9.53 Å². The number of anilines is 1. The van der Waals surface area contributed by atoms with E-state index in [1.54, 1.807) is 13.0 Å². The molecule has 20 heavy (non-hydrogen) atoms. The van der Waals surface area contributed by atoms with E-state index in [9.17, 15) is 14.7 Å². The van der Waals surface area contributed by atoms with Gasteiger partial charge in [0, 0.05) is 0 Å². The smallest absolute Gasteiger partial charge is 0.337 e. The van der Waals surface area contributed by atoms with E-state index in [0.29, 0.717) is 12.1 Å². The predicted molar refractivity (Wildman–Crippen MR) is 75.1 cm³/mol. The van der Waals surface area contributed by atoms with Gasteiger partial charge in [-0.2, -0.15) is 0 Å². The minimum Gasteiger partial charge on any atom is -0.478 e. The molecule has 0 radical (unpaired) electrons. The van der Waals surface area contributed by atoms with Crippen molar-refractivity contribution in [1.29, 1.82) is 0 Å². The van der Waals surface area contributed by atoms with Crippen LogP contribution >= 0.6 is 0 Å². The lowest BCUT2D eigenvalue weighted by molar-refractivity contribution is -0.126. The second-order valence-electron chi connectivity index (χ2n) is 5.31. The van der Waals surface area contributed by atoms with Crippen LogP contribution in [0.2, 0.25) is 0 Å². The molecule has 0 aliphatic carbocycles. The second-order valence-corrected chi connectivity index (χ2v) is 5.31. The normalized spacial score (nSPS) is 21.8. The molecule has 2 rings (SSSR count). The number of ether oxygens (including phenoxy) is 1. The van der Waals surface area contributed by atoms with Crippen molar-refractivity contribution in [3.63, 3.8) is 0 Å². The van der Waals surface area contributed by atoms with E-state index in [1.165, 1.54) is 0 Å². The van der Waals surface area contributed by atoms with Gasteiger partial charge in [0.15, 0.2) is 0 Å². The van der Waals surface area contributed by atoms with Crippen molar-refractivity contribution in [1.82, 2.24) is 0 Å². The van der Waals surface area contributed by atoms with E-state index in [1.807, 2.05) is 19.9 Å². The lowest BCUT2D eigenvalue weighted by atomic mass is 10.0. The highest BCUT2D eigenvalue weighted by Crippen LogP contribution is 2.25. The quantitative estimate of drug-likeness (QED) is 0.890. The molecule has 5 heteroatoms. The fourth-order valence-electron chi connectivity index (χ4n) is 2.50. The van der Waals surface area contributed by atoms with Crippen LogP contribution in [0.5, 0.6) is 0 Å². The number of amides is 1. The molecule has 1 amide bonds. The summed E-state index contributed by atoms with van der Waals surface area (Å²) in [6, 6.07) is 3.41. The van der Waals surface area contributed by atoms with Gasteiger partial charge in [0.25, 0.3) is 5.91 Å². The summed E-state index contributed by atoms with van der Waals surface area (Å²) in [5.74, 6) is -1.32. The Balaban J connectivity index is 2.24. The maximum absolute atomic E-state index is 12.1. The van der Waals surface area contributed by atoms with Crippen LogP contribution in [0.3, 0.4) is 0 Å². The zero-order valence-corrected chi connectivity index (χ0v) is 11.9. The molecule has 1 aliphatic heterocycles. The molecular formula is C15H19NO4. The van der Waals surface area contributed by atoms with Crippen LogP contribution in [0, 0.1) is 13.8 Å². The molecule has 1 aromatic carbocycles. The van der Waals surface area contributed by atoms with Crippen LogP contribution in [0.25, 0.3) is 0 Å². The maximum Gasteiger partial charge on any atom is 0.337 e. The first-order valence-corrected chi connectivity index (χ1v) is 6.69. The minimum absolute atomic E-state index is 0.0730. The Bertz CT molecular complexity index is 553. The zero-order valence-electron chi connectivity index (χ0n) is 11.9. The molecule has 5 nitrogen and oxygen atoms in total. The Kier molecular flexibility index (Phi) is 4.09. The fourth-order valence-corrected chi connectivity index (χ4v) is 2.50. The second kappa shape index (κ2) is 5.63. The van der Waals surface area contributed by atoms with Crippen LogP contribution < -0.4 is 5.32 Å². The van der Waals surface area contributed by atoms with E-state index in [4.69, 9.17) is 4.74 Å². The van der Waals surface area contributed by atoms with Crippen molar-refractivity contribution in [2.24, 2.45) is 0 Å². The fraction of sp³-hybridized carbons (Fsp3) is 0.467. The highest BCUT2D eigenvalue weighted by molar-refractivity contribution is 6.03. The molecule has 108 valence electrons. The van der Waals surface area contributed by atoms with Crippen molar-refractivity contribution >= 4 is 17.6 Å². The minimum atomic E-state index is -1.05. The van der Waals surface area contributed by atoms with Gasteiger partial charge in [-0.25, -0.2) is 4.79 Å². The number of hydrogen-bond donors (Lipinski definition) is 2. The average Bonchev–Trinajstić information content (AvgIpc) is 2.78. The van der Waals surface area contributed by atoms with E-state index in [2.05, 4.69) is 5.32 Å². The number of carbonyl (C=O) groups is 2. The maximum atomic E-state index is 12.1. The summed E-state index contributed by atoms with van der Waals surface area (Å²) in [7, 11) is 0. The summed E-state index contributed by atoms with van der Waals surface area (Å²) in [5.41, 5.74) is 2.06. The van der Waals surface area contributed by atoms with Crippen molar-refractivity contribution in [2.75, 3.05) is 5.32 Å². The van der Waals surface area contributed by atoms with Crippen LogP contribution in [-0.4, -0.2) is 29.2 Å². The first kappa shape index (κ1) is 14.5. The molecule has 2 atom stereocenters. The Morgan fingerprint density at radius 3 is 2.55 bits per heavy atom.